The molecule has 1 rings (SSSR count). The van der Waals surface area contributed by atoms with E-state index in [0.29, 0.717) is 12.6 Å². The Morgan fingerprint density at radius 2 is 2.00 bits per heavy atom. The molecule has 0 aliphatic rings. The SMILES string of the molecule is CCCCCCCOCc1ccoc1CNC(C)C. The van der Waals surface area contributed by atoms with Crippen LogP contribution in [-0.2, 0) is 17.9 Å². The van der Waals surface area contributed by atoms with Crippen LogP contribution in [0.4, 0.5) is 0 Å². The number of hydrogen-bond acceptors (Lipinski definition) is 3. The summed E-state index contributed by atoms with van der Waals surface area (Å²) in [6.45, 7) is 8.80. The van der Waals surface area contributed by atoms with Gasteiger partial charge in [-0.2, -0.15) is 0 Å². The number of furan rings is 1. The molecule has 110 valence electrons. The van der Waals surface area contributed by atoms with E-state index < -0.39 is 0 Å². The maximum atomic E-state index is 5.72. The third-order valence-corrected chi connectivity index (χ3v) is 3.16. The molecule has 0 aliphatic heterocycles. The van der Waals surface area contributed by atoms with E-state index in [9.17, 15) is 0 Å². The first-order valence-electron chi connectivity index (χ1n) is 7.60. The largest absolute Gasteiger partial charge is 0.468 e. The van der Waals surface area contributed by atoms with Crippen molar-refractivity contribution in [3.05, 3.63) is 23.7 Å². The lowest BCUT2D eigenvalue weighted by Gasteiger charge is -2.08. The molecule has 0 saturated carbocycles. The molecule has 1 N–H and O–H groups in total. The van der Waals surface area contributed by atoms with Crippen LogP contribution in [0.1, 0.15) is 64.2 Å². The number of unbranched alkanes of at least 4 members (excludes halogenated alkanes) is 4. The average molecular weight is 267 g/mol. The van der Waals surface area contributed by atoms with Gasteiger partial charge in [-0.3, -0.25) is 0 Å². The summed E-state index contributed by atoms with van der Waals surface area (Å²) in [7, 11) is 0. The van der Waals surface area contributed by atoms with E-state index in [4.69, 9.17) is 9.15 Å². The molecule has 0 saturated heterocycles. The highest BCUT2D eigenvalue weighted by molar-refractivity contribution is 5.15. The first-order chi connectivity index (χ1) is 9.24. The summed E-state index contributed by atoms with van der Waals surface area (Å²) >= 11 is 0. The van der Waals surface area contributed by atoms with Gasteiger partial charge in [0.15, 0.2) is 0 Å². The van der Waals surface area contributed by atoms with Crippen LogP contribution in [0.15, 0.2) is 16.7 Å². The summed E-state index contributed by atoms with van der Waals surface area (Å²) < 4.78 is 11.2. The lowest BCUT2D eigenvalue weighted by atomic mass is 10.2. The predicted octanol–water partition coefficient (Wildman–Crippen LogP) is 4.26. The van der Waals surface area contributed by atoms with Gasteiger partial charge in [-0.25, -0.2) is 0 Å². The van der Waals surface area contributed by atoms with Crippen LogP contribution in [0.5, 0.6) is 0 Å². The van der Waals surface area contributed by atoms with E-state index in [-0.39, 0.29) is 0 Å². The summed E-state index contributed by atoms with van der Waals surface area (Å²) in [6, 6.07) is 2.48. The molecule has 0 bridgehead atoms. The van der Waals surface area contributed by atoms with Crippen LogP contribution in [0.3, 0.4) is 0 Å². The summed E-state index contributed by atoms with van der Waals surface area (Å²) in [6.07, 6.45) is 8.15. The minimum absolute atomic E-state index is 0.470. The smallest absolute Gasteiger partial charge is 0.123 e. The summed E-state index contributed by atoms with van der Waals surface area (Å²) in [5, 5.41) is 3.36. The molecular formula is C16H29NO2. The predicted molar refractivity (Wildman–Crippen MR) is 79.1 cm³/mol. The van der Waals surface area contributed by atoms with Crippen molar-refractivity contribution in [1.82, 2.24) is 5.32 Å². The maximum absolute atomic E-state index is 5.72. The Morgan fingerprint density at radius 1 is 1.21 bits per heavy atom. The molecular weight excluding hydrogens is 238 g/mol. The van der Waals surface area contributed by atoms with Gasteiger partial charge in [0.1, 0.15) is 5.76 Å². The van der Waals surface area contributed by atoms with Crippen LogP contribution in [0, 0.1) is 0 Å². The molecule has 0 atom stereocenters. The molecule has 0 unspecified atom stereocenters. The van der Waals surface area contributed by atoms with Crippen LogP contribution in [-0.4, -0.2) is 12.6 Å². The number of rotatable bonds is 11. The Bertz CT molecular complexity index is 320. The second kappa shape index (κ2) is 10.0. The monoisotopic (exact) mass is 267 g/mol. The molecule has 0 amide bonds. The molecule has 1 heterocycles. The van der Waals surface area contributed by atoms with Crippen LogP contribution >= 0.6 is 0 Å². The third-order valence-electron chi connectivity index (χ3n) is 3.16. The van der Waals surface area contributed by atoms with E-state index in [2.05, 4.69) is 26.1 Å². The van der Waals surface area contributed by atoms with Gasteiger partial charge in [-0.15, -0.1) is 0 Å². The molecule has 0 spiro atoms. The van der Waals surface area contributed by atoms with Crippen LogP contribution < -0.4 is 5.32 Å². The Labute approximate surface area is 117 Å². The lowest BCUT2D eigenvalue weighted by molar-refractivity contribution is 0.115. The molecule has 1 aromatic rings. The normalized spacial score (nSPS) is 11.4. The second-order valence-electron chi connectivity index (χ2n) is 5.37. The Balaban J connectivity index is 2.13. The quantitative estimate of drug-likeness (QED) is 0.608. The fourth-order valence-corrected chi connectivity index (χ4v) is 1.94. The highest BCUT2D eigenvalue weighted by atomic mass is 16.5. The Hall–Kier alpha value is -0.800. The van der Waals surface area contributed by atoms with E-state index >= 15 is 0 Å². The van der Waals surface area contributed by atoms with Crippen molar-refractivity contribution < 1.29 is 9.15 Å². The Kier molecular flexibility index (Phi) is 8.59. The zero-order valence-corrected chi connectivity index (χ0v) is 12.7. The molecule has 1 aromatic heterocycles. The standard InChI is InChI=1S/C16H29NO2/c1-4-5-6-7-8-10-18-13-15-9-11-19-16(15)12-17-14(2)3/h9,11,14,17H,4-8,10,12-13H2,1-3H3. The number of nitrogens with one attached hydrogen (secondary N) is 1. The lowest BCUT2D eigenvalue weighted by Crippen LogP contribution is -2.22. The van der Waals surface area contributed by atoms with E-state index in [1.54, 1.807) is 6.26 Å². The molecule has 0 aromatic carbocycles. The van der Waals surface area contributed by atoms with Crippen LogP contribution in [0.2, 0.25) is 0 Å². The molecule has 0 radical (unpaired) electrons. The van der Waals surface area contributed by atoms with Gasteiger partial charge in [0, 0.05) is 18.2 Å². The maximum Gasteiger partial charge on any atom is 0.123 e. The van der Waals surface area contributed by atoms with Gasteiger partial charge in [-0.05, 0) is 12.5 Å². The molecule has 3 nitrogen and oxygen atoms in total. The molecule has 0 aliphatic carbocycles. The highest BCUT2D eigenvalue weighted by Crippen LogP contribution is 2.12. The van der Waals surface area contributed by atoms with Gasteiger partial charge in [0.25, 0.3) is 0 Å². The topological polar surface area (TPSA) is 34.4 Å². The van der Waals surface area contributed by atoms with Crippen molar-refractivity contribution in [3.63, 3.8) is 0 Å². The van der Waals surface area contributed by atoms with Crippen molar-refractivity contribution in [2.45, 2.75) is 72.1 Å². The van der Waals surface area contributed by atoms with E-state index in [1.807, 2.05) is 6.07 Å². The summed E-state index contributed by atoms with van der Waals surface area (Å²) in [5.41, 5.74) is 1.17. The van der Waals surface area contributed by atoms with Gasteiger partial charge in [0.05, 0.1) is 19.4 Å². The minimum Gasteiger partial charge on any atom is -0.468 e. The first-order valence-corrected chi connectivity index (χ1v) is 7.60. The van der Waals surface area contributed by atoms with Crippen molar-refractivity contribution in [2.24, 2.45) is 0 Å². The molecule has 0 fully saturated rings. The molecule has 19 heavy (non-hydrogen) atoms. The third kappa shape index (κ3) is 7.38. The van der Waals surface area contributed by atoms with E-state index in [0.717, 1.165) is 25.3 Å². The fourth-order valence-electron chi connectivity index (χ4n) is 1.94. The van der Waals surface area contributed by atoms with Crippen LogP contribution in [0.25, 0.3) is 0 Å². The van der Waals surface area contributed by atoms with Gasteiger partial charge in [0.2, 0.25) is 0 Å². The first kappa shape index (κ1) is 16.3. The zero-order chi connectivity index (χ0) is 13.9. The van der Waals surface area contributed by atoms with Crippen molar-refractivity contribution in [1.29, 1.82) is 0 Å². The summed E-state index contributed by atoms with van der Waals surface area (Å²) in [5.74, 6) is 1.000. The average Bonchev–Trinajstić information content (AvgIpc) is 2.83. The number of ether oxygens (including phenoxy) is 1. The van der Waals surface area contributed by atoms with Gasteiger partial charge >= 0.3 is 0 Å². The fraction of sp³-hybridized carbons (Fsp3) is 0.750. The second-order valence-corrected chi connectivity index (χ2v) is 5.37. The Morgan fingerprint density at radius 3 is 2.74 bits per heavy atom. The van der Waals surface area contributed by atoms with Gasteiger partial charge in [-0.1, -0.05) is 46.5 Å². The van der Waals surface area contributed by atoms with E-state index in [1.165, 1.54) is 31.2 Å². The summed E-state index contributed by atoms with van der Waals surface area (Å²) in [4.78, 5) is 0. The van der Waals surface area contributed by atoms with Crippen molar-refractivity contribution >= 4 is 0 Å². The zero-order valence-electron chi connectivity index (χ0n) is 12.7. The van der Waals surface area contributed by atoms with Crippen molar-refractivity contribution in [2.75, 3.05) is 6.61 Å². The molecule has 3 heteroatoms. The number of hydrogen-bond donors (Lipinski definition) is 1. The van der Waals surface area contributed by atoms with Gasteiger partial charge < -0.3 is 14.5 Å². The minimum atomic E-state index is 0.470. The highest BCUT2D eigenvalue weighted by Gasteiger charge is 2.06. The van der Waals surface area contributed by atoms with Crippen molar-refractivity contribution in [3.8, 4) is 0 Å².